The minimum Gasteiger partial charge on any atom is -0.308 e. The fourth-order valence-electron chi connectivity index (χ4n) is 9.50. The van der Waals surface area contributed by atoms with Crippen LogP contribution in [-0.4, -0.2) is 14.5 Å². The molecule has 0 unspecified atom stereocenters. The summed E-state index contributed by atoms with van der Waals surface area (Å²) < 4.78 is 2.49. The highest BCUT2D eigenvalue weighted by Gasteiger charge is 2.50. The van der Waals surface area contributed by atoms with E-state index in [0.717, 1.165) is 33.8 Å². The zero-order chi connectivity index (χ0) is 37.5. The fraction of sp³-hybridized carbons (Fsp3) is 0.0189. The summed E-state index contributed by atoms with van der Waals surface area (Å²) in [5.41, 5.74) is 15.9. The van der Waals surface area contributed by atoms with Crippen LogP contribution in [0, 0.1) is 0 Å². The first kappa shape index (κ1) is 32.3. The van der Waals surface area contributed by atoms with E-state index in [1.165, 1.54) is 65.0 Å². The maximum absolute atomic E-state index is 5.21. The van der Waals surface area contributed by atoms with Crippen LogP contribution in [-0.2, 0) is 5.41 Å². The van der Waals surface area contributed by atoms with Gasteiger partial charge in [-0.15, -0.1) is 0 Å². The molecule has 57 heavy (non-hydrogen) atoms. The van der Waals surface area contributed by atoms with E-state index in [-0.39, 0.29) is 0 Å². The van der Waals surface area contributed by atoms with Crippen molar-refractivity contribution in [3.63, 3.8) is 0 Å². The van der Waals surface area contributed by atoms with Crippen LogP contribution in [0.5, 0.6) is 0 Å². The molecule has 1 aliphatic heterocycles. The van der Waals surface area contributed by atoms with E-state index >= 15 is 0 Å². The Labute approximate surface area is 335 Å². The van der Waals surface area contributed by atoms with Gasteiger partial charge in [0.05, 0.1) is 27.8 Å². The van der Waals surface area contributed by atoms with Crippen LogP contribution >= 0.6 is 11.8 Å². The van der Waals surface area contributed by atoms with E-state index in [1.54, 1.807) is 0 Å². The third-order valence-corrected chi connectivity index (χ3v) is 13.1. The number of para-hydroxylation sites is 1. The molecule has 0 N–H and O–H groups in total. The first-order valence-electron chi connectivity index (χ1n) is 19.4. The molecule has 0 bridgehead atoms. The van der Waals surface area contributed by atoms with Crippen molar-refractivity contribution in [1.29, 1.82) is 0 Å². The van der Waals surface area contributed by atoms with Crippen molar-refractivity contribution >= 4 is 33.6 Å². The van der Waals surface area contributed by atoms with Crippen LogP contribution in [0.15, 0.2) is 210 Å². The second kappa shape index (κ2) is 12.5. The summed E-state index contributed by atoms with van der Waals surface area (Å²) in [7, 11) is 0. The third kappa shape index (κ3) is 4.68. The standard InChI is InChI=1S/C53H33N3S/c1-3-16-34(17-4-1)46-33-47(55-52(54-46)35-18-5-2-6-19-35)36-20-15-21-37(32-36)56-48-28-13-9-24-40(48)41-30-31-45-51(50(41)56)57-49-29-14-12-27-44(49)53(45)42-25-10-7-22-38(42)39-23-8-11-26-43(39)53/h1-33H. The fourth-order valence-corrected chi connectivity index (χ4v) is 10.8. The van der Waals surface area contributed by atoms with Crippen LogP contribution in [0.4, 0.5) is 0 Å². The molecular formula is C53H33N3S. The largest absolute Gasteiger partial charge is 0.308 e. The molecule has 0 saturated carbocycles. The van der Waals surface area contributed by atoms with Crippen molar-refractivity contribution in [2.24, 2.45) is 0 Å². The molecule has 10 aromatic rings. The Kier molecular flexibility index (Phi) is 7.08. The molecule has 0 saturated heterocycles. The summed E-state index contributed by atoms with van der Waals surface area (Å²) in [6.07, 6.45) is 0. The highest BCUT2D eigenvalue weighted by Crippen LogP contribution is 2.63. The smallest absolute Gasteiger partial charge is 0.160 e. The summed E-state index contributed by atoms with van der Waals surface area (Å²) >= 11 is 1.90. The topological polar surface area (TPSA) is 30.7 Å². The molecule has 1 spiro atoms. The Morgan fingerprint density at radius 3 is 1.77 bits per heavy atom. The van der Waals surface area contributed by atoms with E-state index < -0.39 is 5.41 Å². The summed E-state index contributed by atoms with van der Waals surface area (Å²) in [6.45, 7) is 0. The summed E-state index contributed by atoms with van der Waals surface area (Å²) in [5, 5.41) is 2.48. The van der Waals surface area contributed by atoms with E-state index in [2.05, 4.69) is 180 Å². The van der Waals surface area contributed by atoms with Gasteiger partial charge in [0.25, 0.3) is 0 Å². The van der Waals surface area contributed by atoms with Gasteiger partial charge < -0.3 is 4.57 Å². The molecule has 0 amide bonds. The molecule has 0 fully saturated rings. The Morgan fingerprint density at radius 1 is 0.421 bits per heavy atom. The highest BCUT2D eigenvalue weighted by atomic mass is 32.2. The van der Waals surface area contributed by atoms with Crippen molar-refractivity contribution in [2.45, 2.75) is 15.2 Å². The number of nitrogens with zero attached hydrogens (tertiary/aromatic N) is 3. The van der Waals surface area contributed by atoms with Gasteiger partial charge in [0, 0.05) is 42.9 Å². The number of hydrogen-bond acceptors (Lipinski definition) is 3. The lowest BCUT2D eigenvalue weighted by molar-refractivity contribution is 0.724. The molecule has 8 aromatic carbocycles. The molecule has 4 heteroatoms. The van der Waals surface area contributed by atoms with E-state index in [9.17, 15) is 0 Å². The predicted molar refractivity (Wildman–Crippen MR) is 234 cm³/mol. The van der Waals surface area contributed by atoms with Gasteiger partial charge >= 0.3 is 0 Å². The second-order valence-electron chi connectivity index (χ2n) is 14.9. The first-order valence-corrected chi connectivity index (χ1v) is 20.2. The van der Waals surface area contributed by atoms with Crippen molar-refractivity contribution in [3.8, 4) is 50.7 Å². The molecular weight excluding hydrogens is 711 g/mol. The van der Waals surface area contributed by atoms with Gasteiger partial charge in [-0.25, -0.2) is 9.97 Å². The molecule has 266 valence electrons. The number of aromatic nitrogens is 3. The normalized spacial score (nSPS) is 13.3. The van der Waals surface area contributed by atoms with Crippen molar-refractivity contribution in [1.82, 2.24) is 14.5 Å². The van der Waals surface area contributed by atoms with E-state index in [1.807, 2.05) is 36.0 Å². The third-order valence-electron chi connectivity index (χ3n) is 11.9. The Morgan fingerprint density at radius 2 is 1.02 bits per heavy atom. The van der Waals surface area contributed by atoms with Crippen LogP contribution in [0.25, 0.3) is 72.5 Å². The van der Waals surface area contributed by atoms with Gasteiger partial charge in [-0.2, -0.15) is 0 Å². The van der Waals surface area contributed by atoms with E-state index in [0.29, 0.717) is 5.82 Å². The average molecular weight is 744 g/mol. The average Bonchev–Trinajstić information content (AvgIpc) is 3.78. The zero-order valence-electron chi connectivity index (χ0n) is 30.8. The molecule has 12 rings (SSSR count). The van der Waals surface area contributed by atoms with Gasteiger partial charge in [0.1, 0.15) is 0 Å². The van der Waals surface area contributed by atoms with Crippen LogP contribution < -0.4 is 0 Å². The molecule has 1 aliphatic carbocycles. The SMILES string of the molecule is c1ccc(-c2cc(-c3cccc(-n4c5ccccc5c5ccc6c(c54)Sc4ccccc4C64c5ccccc5-c5ccccc54)c3)nc(-c3ccccc3)n2)cc1. The minimum absolute atomic E-state index is 0.454. The van der Waals surface area contributed by atoms with Gasteiger partial charge in [0.15, 0.2) is 5.82 Å². The van der Waals surface area contributed by atoms with Gasteiger partial charge in [0.2, 0.25) is 0 Å². The summed E-state index contributed by atoms with van der Waals surface area (Å²) in [6, 6.07) is 72.4. The lowest BCUT2D eigenvalue weighted by Gasteiger charge is -2.40. The quantitative estimate of drug-likeness (QED) is 0.180. The van der Waals surface area contributed by atoms with Crippen molar-refractivity contribution in [3.05, 3.63) is 222 Å². The van der Waals surface area contributed by atoms with E-state index in [4.69, 9.17) is 9.97 Å². The molecule has 2 aromatic heterocycles. The van der Waals surface area contributed by atoms with Gasteiger partial charge in [-0.05, 0) is 63.7 Å². The Balaban J connectivity index is 1.13. The lowest BCUT2D eigenvalue weighted by Crippen LogP contribution is -2.32. The predicted octanol–water partition coefficient (Wildman–Crippen LogP) is 13.4. The number of fused-ring (bicyclic) bond motifs is 13. The maximum atomic E-state index is 5.21. The lowest BCUT2D eigenvalue weighted by atomic mass is 9.67. The molecule has 2 aliphatic rings. The second-order valence-corrected chi connectivity index (χ2v) is 15.9. The zero-order valence-corrected chi connectivity index (χ0v) is 31.6. The van der Waals surface area contributed by atoms with Crippen molar-refractivity contribution < 1.29 is 0 Å². The highest BCUT2D eigenvalue weighted by molar-refractivity contribution is 7.99. The summed E-state index contributed by atoms with van der Waals surface area (Å²) in [5.74, 6) is 0.709. The monoisotopic (exact) mass is 743 g/mol. The summed E-state index contributed by atoms with van der Waals surface area (Å²) in [4.78, 5) is 12.9. The number of benzene rings is 8. The van der Waals surface area contributed by atoms with Crippen molar-refractivity contribution in [2.75, 3.05) is 0 Å². The molecule has 0 radical (unpaired) electrons. The van der Waals surface area contributed by atoms with Crippen LogP contribution in [0.3, 0.4) is 0 Å². The minimum atomic E-state index is -0.454. The number of hydrogen-bond donors (Lipinski definition) is 0. The first-order chi connectivity index (χ1) is 28.3. The van der Waals surface area contributed by atoms with Crippen LogP contribution in [0.2, 0.25) is 0 Å². The molecule has 0 atom stereocenters. The molecule has 3 heterocycles. The molecule has 3 nitrogen and oxygen atoms in total. The Hall–Kier alpha value is -7.01. The van der Waals surface area contributed by atoms with Gasteiger partial charge in [-0.3, -0.25) is 0 Å². The number of rotatable bonds is 4. The Bertz CT molecular complexity index is 3120. The van der Waals surface area contributed by atoms with Crippen LogP contribution in [0.1, 0.15) is 22.3 Å². The maximum Gasteiger partial charge on any atom is 0.160 e. The van der Waals surface area contributed by atoms with Gasteiger partial charge in [-0.1, -0.05) is 182 Å².